The number of rotatable bonds is 5. The Kier molecular flexibility index (Phi) is 5.30. The van der Waals surface area contributed by atoms with E-state index in [-0.39, 0.29) is 23.0 Å². The van der Waals surface area contributed by atoms with Crippen molar-refractivity contribution in [3.05, 3.63) is 59.4 Å². The largest absolute Gasteiger partial charge is 0.487 e. The maximum Gasteiger partial charge on any atom is 0.270 e. The second-order valence-electron chi connectivity index (χ2n) is 6.75. The second kappa shape index (κ2) is 7.50. The van der Waals surface area contributed by atoms with E-state index in [4.69, 9.17) is 10.5 Å². The number of hydrogen-bond donors (Lipinski definition) is 1. The van der Waals surface area contributed by atoms with Crippen LogP contribution in [0.2, 0.25) is 0 Å². The van der Waals surface area contributed by atoms with Gasteiger partial charge in [0.1, 0.15) is 6.10 Å². The number of nitrogens with two attached hydrogens (primary N) is 1. The van der Waals surface area contributed by atoms with Crippen molar-refractivity contribution in [2.75, 3.05) is 18.0 Å². The second-order valence-corrected chi connectivity index (χ2v) is 6.75. The van der Waals surface area contributed by atoms with Gasteiger partial charge in [-0.05, 0) is 30.3 Å². The van der Waals surface area contributed by atoms with Gasteiger partial charge in [0.15, 0.2) is 11.6 Å². The Morgan fingerprint density at radius 3 is 2.30 bits per heavy atom. The smallest absolute Gasteiger partial charge is 0.270 e. The highest BCUT2D eigenvalue weighted by molar-refractivity contribution is 5.92. The molecule has 2 aromatic carbocycles. The van der Waals surface area contributed by atoms with Crippen molar-refractivity contribution in [1.29, 1.82) is 0 Å². The van der Waals surface area contributed by atoms with Crippen LogP contribution in [0, 0.1) is 5.82 Å². The topological polar surface area (TPSA) is 55.6 Å². The zero-order valence-electron chi connectivity index (χ0n) is 14.9. The first-order valence-corrected chi connectivity index (χ1v) is 8.73. The summed E-state index contributed by atoms with van der Waals surface area (Å²) in [5, 5.41) is 0. The molecule has 0 unspecified atom stereocenters. The maximum absolute atomic E-state index is 14.0. The minimum atomic E-state index is -2.85. The maximum atomic E-state index is 14.0. The number of carbonyl (C=O) groups excluding carboxylic acids is 1. The third kappa shape index (κ3) is 4.53. The minimum Gasteiger partial charge on any atom is -0.487 e. The Morgan fingerprint density at radius 1 is 1.15 bits per heavy atom. The predicted octanol–water partition coefficient (Wildman–Crippen LogP) is 4.08. The molecule has 0 radical (unpaired) electrons. The molecule has 1 aliphatic heterocycles. The van der Waals surface area contributed by atoms with Crippen LogP contribution in [0.1, 0.15) is 35.7 Å². The summed E-state index contributed by atoms with van der Waals surface area (Å²) in [4.78, 5) is 13.2. The lowest BCUT2D eigenvalue weighted by Crippen LogP contribution is -2.38. The van der Waals surface area contributed by atoms with Crippen LogP contribution in [0.4, 0.5) is 18.9 Å². The standard InChI is InChI=1S/C20H21F3N2O2/c1-20(22,23)14-3-5-15(6-4-14)25-10-8-16(9-11-25)27-18-7-2-13(19(24)26)12-17(18)21/h2-7,12,16H,8-11H2,1H3,(H2,24,26). The number of benzene rings is 2. The summed E-state index contributed by atoms with van der Waals surface area (Å²) in [6.07, 6.45) is 1.18. The molecule has 1 aliphatic rings. The highest BCUT2D eigenvalue weighted by Crippen LogP contribution is 2.30. The van der Waals surface area contributed by atoms with Gasteiger partial charge in [0.05, 0.1) is 0 Å². The summed E-state index contributed by atoms with van der Waals surface area (Å²) >= 11 is 0. The Balaban J connectivity index is 1.58. The first kappa shape index (κ1) is 19.1. The fraction of sp³-hybridized carbons (Fsp3) is 0.350. The molecule has 1 fully saturated rings. The van der Waals surface area contributed by atoms with Gasteiger partial charge in [-0.25, -0.2) is 13.2 Å². The van der Waals surface area contributed by atoms with E-state index >= 15 is 0 Å². The summed E-state index contributed by atoms with van der Waals surface area (Å²) in [6.45, 7) is 2.22. The van der Waals surface area contributed by atoms with E-state index in [0.717, 1.165) is 18.7 Å². The molecule has 144 valence electrons. The number of amides is 1. The average molecular weight is 378 g/mol. The quantitative estimate of drug-likeness (QED) is 0.853. The molecule has 0 aromatic heterocycles. The molecule has 1 heterocycles. The molecule has 0 atom stereocenters. The third-order valence-electron chi connectivity index (χ3n) is 4.69. The summed E-state index contributed by atoms with van der Waals surface area (Å²) in [6, 6.07) is 10.2. The molecule has 27 heavy (non-hydrogen) atoms. The van der Waals surface area contributed by atoms with E-state index in [1.165, 1.54) is 24.3 Å². The summed E-state index contributed by atoms with van der Waals surface area (Å²) in [7, 11) is 0. The van der Waals surface area contributed by atoms with Gasteiger partial charge in [0.25, 0.3) is 5.92 Å². The Hall–Kier alpha value is -2.70. The van der Waals surface area contributed by atoms with Crippen LogP contribution >= 0.6 is 0 Å². The zero-order chi connectivity index (χ0) is 19.6. The van der Waals surface area contributed by atoms with E-state index in [2.05, 4.69) is 4.90 Å². The Morgan fingerprint density at radius 2 is 1.78 bits per heavy atom. The third-order valence-corrected chi connectivity index (χ3v) is 4.69. The number of hydrogen-bond acceptors (Lipinski definition) is 3. The van der Waals surface area contributed by atoms with E-state index in [9.17, 15) is 18.0 Å². The molecule has 7 heteroatoms. The van der Waals surface area contributed by atoms with Crippen LogP contribution in [-0.4, -0.2) is 25.1 Å². The van der Waals surface area contributed by atoms with Gasteiger partial charge in [0.2, 0.25) is 5.91 Å². The van der Waals surface area contributed by atoms with Gasteiger partial charge in [0, 0.05) is 49.7 Å². The first-order chi connectivity index (χ1) is 12.7. The zero-order valence-corrected chi connectivity index (χ0v) is 14.9. The van der Waals surface area contributed by atoms with Gasteiger partial charge in [-0.1, -0.05) is 12.1 Å². The summed E-state index contributed by atoms with van der Waals surface area (Å²) in [5.41, 5.74) is 6.08. The van der Waals surface area contributed by atoms with Crippen molar-refractivity contribution in [1.82, 2.24) is 0 Å². The van der Waals surface area contributed by atoms with Gasteiger partial charge < -0.3 is 15.4 Å². The lowest BCUT2D eigenvalue weighted by molar-refractivity contribution is 0.0175. The average Bonchev–Trinajstić information content (AvgIpc) is 2.63. The van der Waals surface area contributed by atoms with Crippen LogP contribution < -0.4 is 15.4 Å². The van der Waals surface area contributed by atoms with Crippen molar-refractivity contribution in [3.63, 3.8) is 0 Å². The van der Waals surface area contributed by atoms with Gasteiger partial charge in [-0.15, -0.1) is 0 Å². The Bertz CT molecular complexity index is 811. The molecule has 2 N–H and O–H groups in total. The number of anilines is 1. The van der Waals surface area contributed by atoms with Crippen molar-refractivity contribution in [3.8, 4) is 5.75 Å². The van der Waals surface area contributed by atoms with Crippen LogP contribution in [-0.2, 0) is 5.92 Å². The Labute approximate surface area is 155 Å². The van der Waals surface area contributed by atoms with Crippen molar-refractivity contribution in [2.24, 2.45) is 5.73 Å². The predicted molar refractivity (Wildman–Crippen MR) is 96.8 cm³/mol. The van der Waals surface area contributed by atoms with Gasteiger partial charge in [-0.2, -0.15) is 0 Å². The monoisotopic (exact) mass is 378 g/mol. The van der Waals surface area contributed by atoms with Crippen LogP contribution in [0.5, 0.6) is 5.75 Å². The lowest BCUT2D eigenvalue weighted by Gasteiger charge is -2.34. The molecule has 4 nitrogen and oxygen atoms in total. The molecular weight excluding hydrogens is 357 g/mol. The van der Waals surface area contributed by atoms with Crippen molar-refractivity contribution in [2.45, 2.75) is 31.8 Å². The van der Waals surface area contributed by atoms with E-state index in [1.807, 2.05) is 0 Å². The molecule has 3 rings (SSSR count). The van der Waals surface area contributed by atoms with E-state index in [0.29, 0.717) is 25.9 Å². The summed E-state index contributed by atoms with van der Waals surface area (Å²) in [5.74, 6) is -4.08. The lowest BCUT2D eigenvalue weighted by atomic mass is 10.0. The molecule has 2 aromatic rings. The number of piperidine rings is 1. The molecular formula is C20H21F3N2O2. The number of nitrogens with zero attached hydrogens (tertiary/aromatic N) is 1. The highest BCUT2D eigenvalue weighted by Gasteiger charge is 2.25. The SMILES string of the molecule is CC(F)(F)c1ccc(N2CCC(Oc3ccc(C(N)=O)cc3F)CC2)cc1. The number of ether oxygens (including phenoxy) is 1. The molecule has 0 bridgehead atoms. The number of halogens is 3. The summed E-state index contributed by atoms with van der Waals surface area (Å²) < 4.78 is 46.4. The van der Waals surface area contributed by atoms with Crippen LogP contribution in [0.3, 0.4) is 0 Å². The normalized spacial score (nSPS) is 15.6. The number of alkyl halides is 2. The number of primary amides is 1. The fourth-order valence-electron chi connectivity index (χ4n) is 3.13. The molecule has 0 saturated carbocycles. The van der Waals surface area contributed by atoms with Gasteiger partial charge in [-0.3, -0.25) is 4.79 Å². The van der Waals surface area contributed by atoms with E-state index in [1.54, 1.807) is 12.1 Å². The van der Waals surface area contributed by atoms with Crippen molar-refractivity contribution < 1.29 is 22.7 Å². The molecule has 1 saturated heterocycles. The first-order valence-electron chi connectivity index (χ1n) is 8.73. The number of carbonyl (C=O) groups is 1. The molecule has 0 aliphatic carbocycles. The molecule has 0 spiro atoms. The minimum absolute atomic E-state index is 0.0145. The molecule has 1 amide bonds. The van der Waals surface area contributed by atoms with Gasteiger partial charge >= 0.3 is 0 Å². The van der Waals surface area contributed by atoms with E-state index < -0.39 is 17.6 Å². The van der Waals surface area contributed by atoms with Crippen LogP contribution in [0.15, 0.2) is 42.5 Å². The van der Waals surface area contributed by atoms with Crippen LogP contribution in [0.25, 0.3) is 0 Å². The highest BCUT2D eigenvalue weighted by atomic mass is 19.3. The fourth-order valence-corrected chi connectivity index (χ4v) is 3.13. The van der Waals surface area contributed by atoms with Crippen molar-refractivity contribution >= 4 is 11.6 Å².